The van der Waals surface area contributed by atoms with Crippen molar-refractivity contribution in [1.82, 2.24) is 0 Å². The number of anilines is 1. The van der Waals surface area contributed by atoms with Gasteiger partial charge in [-0.3, -0.25) is 10.1 Å². The van der Waals surface area contributed by atoms with Gasteiger partial charge in [0.15, 0.2) is 0 Å². The zero-order valence-corrected chi connectivity index (χ0v) is 11.8. The number of para-hydroxylation sites is 1. The summed E-state index contributed by atoms with van der Waals surface area (Å²) < 4.78 is 0. The average molecular weight is 283 g/mol. The van der Waals surface area contributed by atoms with Crippen LogP contribution in [0.3, 0.4) is 0 Å². The largest absolute Gasteiger partial charge is 0.377 e. The Hall–Kier alpha value is -1.29. The van der Waals surface area contributed by atoms with Gasteiger partial charge in [0.05, 0.1) is 4.92 Å². The molecule has 1 atom stereocenters. The second kappa shape index (κ2) is 6.24. The van der Waals surface area contributed by atoms with Gasteiger partial charge in [-0.2, -0.15) is 0 Å². The quantitative estimate of drug-likeness (QED) is 0.647. The van der Waals surface area contributed by atoms with E-state index in [1.807, 2.05) is 0 Å². The Morgan fingerprint density at radius 3 is 2.68 bits per heavy atom. The summed E-state index contributed by atoms with van der Waals surface area (Å²) >= 11 is 5.91. The molecule has 1 aliphatic rings. The van der Waals surface area contributed by atoms with E-state index in [1.54, 1.807) is 18.2 Å². The van der Waals surface area contributed by atoms with E-state index in [2.05, 4.69) is 12.2 Å². The molecular weight excluding hydrogens is 264 g/mol. The van der Waals surface area contributed by atoms with Gasteiger partial charge in [-0.25, -0.2) is 0 Å². The average Bonchev–Trinajstić information content (AvgIpc) is 2.39. The van der Waals surface area contributed by atoms with E-state index in [9.17, 15) is 10.1 Å². The summed E-state index contributed by atoms with van der Waals surface area (Å²) in [5.74, 6) is 0.590. The molecule has 104 valence electrons. The summed E-state index contributed by atoms with van der Waals surface area (Å²) in [4.78, 5) is 10.7. The van der Waals surface area contributed by atoms with Gasteiger partial charge in [0.25, 0.3) is 0 Å². The lowest BCUT2D eigenvalue weighted by Crippen LogP contribution is -2.28. The van der Waals surface area contributed by atoms with Crippen molar-refractivity contribution >= 4 is 23.0 Å². The van der Waals surface area contributed by atoms with Crippen molar-refractivity contribution in [3.8, 4) is 0 Å². The van der Waals surface area contributed by atoms with Crippen molar-refractivity contribution in [3.05, 3.63) is 33.3 Å². The first-order valence-electron chi connectivity index (χ1n) is 6.79. The Bertz CT molecular complexity index is 459. The molecule has 1 N–H and O–H groups in total. The Kier molecular flexibility index (Phi) is 4.64. The van der Waals surface area contributed by atoms with E-state index < -0.39 is 4.92 Å². The van der Waals surface area contributed by atoms with Crippen LogP contribution in [0.1, 0.15) is 39.0 Å². The lowest BCUT2D eigenvalue weighted by Gasteiger charge is -2.28. The summed E-state index contributed by atoms with van der Waals surface area (Å²) in [6, 6.07) is 5.25. The highest BCUT2D eigenvalue weighted by Gasteiger charge is 2.24. The molecule has 0 radical (unpaired) electrons. The number of rotatable bonds is 4. The summed E-state index contributed by atoms with van der Waals surface area (Å²) in [6.45, 7) is 2.10. The predicted octanol–water partition coefficient (Wildman–Crippen LogP) is 4.63. The summed E-state index contributed by atoms with van der Waals surface area (Å²) in [5.41, 5.74) is 0.502. The van der Waals surface area contributed by atoms with Crippen LogP contribution in [0.25, 0.3) is 0 Å². The number of benzene rings is 1. The number of halogens is 1. The van der Waals surface area contributed by atoms with Gasteiger partial charge in [0, 0.05) is 6.04 Å². The normalized spacial score (nSPS) is 18.0. The Balaban J connectivity index is 2.14. The number of nitrogens with zero attached hydrogens (tertiary/aromatic N) is 1. The lowest BCUT2D eigenvalue weighted by molar-refractivity contribution is -0.383. The number of nitrogens with one attached hydrogen (secondary N) is 1. The minimum atomic E-state index is -0.418. The number of nitro benzene ring substituents is 1. The highest BCUT2D eigenvalue weighted by molar-refractivity contribution is 6.33. The van der Waals surface area contributed by atoms with Crippen LogP contribution in [0.2, 0.25) is 5.02 Å². The number of hydrogen-bond acceptors (Lipinski definition) is 3. The molecule has 1 saturated carbocycles. The van der Waals surface area contributed by atoms with Gasteiger partial charge in [-0.1, -0.05) is 36.9 Å². The smallest absolute Gasteiger partial charge is 0.310 e. The molecule has 1 fully saturated rings. The SMILES string of the molecule is CC(Nc1cccc(Cl)c1[N+](=O)[O-])C1CCCCC1. The first-order valence-corrected chi connectivity index (χ1v) is 7.17. The standard InChI is InChI=1S/C14H19ClN2O2/c1-10(11-6-3-2-4-7-11)16-13-9-5-8-12(15)14(13)17(18)19/h5,8-11,16H,2-4,6-7H2,1H3. The second-order valence-corrected chi connectivity index (χ2v) is 5.63. The fourth-order valence-electron chi connectivity index (χ4n) is 2.81. The Morgan fingerprint density at radius 2 is 2.05 bits per heavy atom. The van der Waals surface area contributed by atoms with E-state index in [4.69, 9.17) is 11.6 Å². The van der Waals surface area contributed by atoms with Gasteiger partial charge < -0.3 is 5.32 Å². The third-order valence-corrected chi connectivity index (χ3v) is 4.21. The van der Waals surface area contributed by atoms with Crippen molar-refractivity contribution in [2.45, 2.75) is 45.1 Å². The molecule has 4 nitrogen and oxygen atoms in total. The van der Waals surface area contributed by atoms with Crippen molar-refractivity contribution in [3.63, 3.8) is 0 Å². The molecule has 0 aliphatic heterocycles. The minimum Gasteiger partial charge on any atom is -0.377 e. The fourth-order valence-corrected chi connectivity index (χ4v) is 3.06. The van der Waals surface area contributed by atoms with Gasteiger partial charge in [-0.05, 0) is 37.8 Å². The lowest BCUT2D eigenvalue weighted by atomic mass is 9.84. The van der Waals surface area contributed by atoms with E-state index in [-0.39, 0.29) is 16.8 Å². The zero-order chi connectivity index (χ0) is 13.8. The molecule has 1 aliphatic carbocycles. The first-order chi connectivity index (χ1) is 9.09. The summed E-state index contributed by atoms with van der Waals surface area (Å²) in [5, 5.41) is 14.5. The van der Waals surface area contributed by atoms with Crippen molar-refractivity contribution in [2.75, 3.05) is 5.32 Å². The minimum absolute atomic E-state index is 0.0215. The van der Waals surface area contributed by atoms with E-state index in [0.29, 0.717) is 11.6 Å². The van der Waals surface area contributed by atoms with Crippen LogP contribution in [0, 0.1) is 16.0 Å². The molecular formula is C14H19ClN2O2. The molecule has 0 aromatic heterocycles. The van der Waals surface area contributed by atoms with Crippen LogP contribution >= 0.6 is 11.6 Å². The van der Waals surface area contributed by atoms with Crippen molar-refractivity contribution in [1.29, 1.82) is 0 Å². The third-order valence-electron chi connectivity index (χ3n) is 3.91. The maximum Gasteiger partial charge on any atom is 0.310 e. The Morgan fingerprint density at radius 1 is 1.37 bits per heavy atom. The maximum absolute atomic E-state index is 11.1. The van der Waals surface area contributed by atoms with E-state index in [0.717, 1.165) is 0 Å². The molecule has 0 spiro atoms. The van der Waals surface area contributed by atoms with E-state index >= 15 is 0 Å². The third kappa shape index (κ3) is 3.38. The van der Waals surface area contributed by atoms with Crippen LogP contribution in [0.15, 0.2) is 18.2 Å². The fraction of sp³-hybridized carbons (Fsp3) is 0.571. The molecule has 0 bridgehead atoms. The first kappa shape index (κ1) is 14.1. The highest BCUT2D eigenvalue weighted by atomic mass is 35.5. The molecule has 0 saturated heterocycles. The van der Waals surface area contributed by atoms with Crippen LogP contribution in [-0.2, 0) is 0 Å². The predicted molar refractivity (Wildman–Crippen MR) is 77.8 cm³/mol. The molecule has 0 amide bonds. The summed E-state index contributed by atoms with van der Waals surface area (Å²) in [7, 11) is 0. The molecule has 1 aromatic rings. The van der Waals surface area contributed by atoms with Crippen molar-refractivity contribution < 1.29 is 4.92 Å². The van der Waals surface area contributed by atoms with Gasteiger partial charge in [0.2, 0.25) is 0 Å². The molecule has 1 aromatic carbocycles. The van der Waals surface area contributed by atoms with Crippen LogP contribution in [-0.4, -0.2) is 11.0 Å². The Labute approximate surface area is 118 Å². The molecule has 19 heavy (non-hydrogen) atoms. The molecule has 0 heterocycles. The van der Waals surface area contributed by atoms with Crippen molar-refractivity contribution in [2.24, 2.45) is 5.92 Å². The van der Waals surface area contributed by atoms with Gasteiger partial charge in [0.1, 0.15) is 10.7 Å². The molecule has 2 rings (SSSR count). The number of hydrogen-bond donors (Lipinski definition) is 1. The van der Waals surface area contributed by atoms with E-state index in [1.165, 1.54) is 32.1 Å². The van der Waals surface area contributed by atoms with Crippen LogP contribution < -0.4 is 5.32 Å². The maximum atomic E-state index is 11.1. The molecule has 1 unspecified atom stereocenters. The van der Waals surface area contributed by atoms with Crippen LogP contribution in [0.4, 0.5) is 11.4 Å². The summed E-state index contributed by atoms with van der Waals surface area (Å²) in [6.07, 6.45) is 6.22. The zero-order valence-electron chi connectivity index (χ0n) is 11.1. The van der Waals surface area contributed by atoms with Gasteiger partial charge in [-0.15, -0.1) is 0 Å². The van der Waals surface area contributed by atoms with Crippen LogP contribution in [0.5, 0.6) is 0 Å². The highest BCUT2D eigenvalue weighted by Crippen LogP contribution is 2.34. The number of nitro groups is 1. The monoisotopic (exact) mass is 282 g/mol. The molecule has 5 heteroatoms. The second-order valence-electron chi connectivity index (χ2n) is 5.22. The van der Waals surface area contributed by atoms with Gasteiger partial charge >= 0.3 is 5.69 Å². The topological polar surface area (TPSA) is 55.2 Å².